The third-order valence-electron chi connectivity index (χ3n) is 3.88. The van der Waals surface area contributed by atoms with Crippen LogP contribution in [-0.4, -0.2) is 37.5 Å². The lowest BCUT2D eigenvalue weighted by Crippen LogP contribution is -2.49. The highest BCUT2D eigenvalue weighted by Gasteiger charge is 2.25. The monoisotopic (exact) mass is 390 g/mol. The molecule has 1 N–H and O–H groups in total. The number of nitrogens with one attached hydrogen (secondary N) is 1. The fraction of sp³-hybridized carbons (Fsp3) is 0.250. The van der Waals surface area contributed by atoms with Crippen molar-refractivity contribution in [3.05, 3.63) is 65.7 Å². The second kappa shape index (κ2) is 9.59. The Morgan fingerprint density at radius 3 is 2.25 bits per heavy atom. The Morgan fingerprint density at radius 1 is 1.07 bits per heavy atom. The molecule has 6 nitrogen and oxygen atoms in total. The number of para-hydroxylation sites is 1. The molecular weight excluding hydrogens is 370 g/mol. The minimum Gasteiger partial charge on any atom is -0.468 e. The summed E-state index contributed by atoms with van der Waals surface area (Å²) in [6.45, 7) is 1.13. The Labute approximate surface area is 161 Å². The van der Waals surface area contributed by atoms with Crippen molar-refractivity contribution in [1.29, 1.82) is 0 Å². The van der Waals surface area contributed by atoms with E-state index in [-0.39, 0.29) is 18.5 Å². The molecule has 0 saturated heterocycles. The van der Waals surface area contributed by atoms with E-state index in [1.807, 2.05) is 0 Å². The van der Waals surface area contributed by atoms with Gasteiger partial charge in [-0.25, -0.2) is 8.78 Å². The van der Waals surface area contributed by atoms with Crippen LogP contribution in [0.1, 0.15) is 12.5 Å². The largest absolute Gasteiger partial charge is 0.468 e. The van der Waals surface area contributed by atoms with E-state index in [1.54, 1.807) is 30.3 Å². The zero-order chi connectivity index (χ0) is 20.7. The first-order chi connectivity index (χ1) is 13.3. The standard InChI is InChI=1S/C20H20F2N2O4/c1-13(23-18(25)10-14-8-15(21)11-16(22)9-14)20(27)24(12-19(26)28-2)17-6-4-3-5-7-17/h3-9,11,13H,10,12H2,1-2H3,(H,23,25)/t13-/m0/s1. The maximum absolute atomic E-state index is 13.2. The van der Waals surface area contributed by atoms with Crippen molar-refractivity contribution >= 4 is 23.5 Å². The number of carbonyl (C=O) groups excluding carboxylic acids is 3. The highest BCUT2D eigenvalue weighted by Crippen LogP contribution is 2.15. The van der Waals surface area contributed by atoms with Crippen LogP contribution >= 0.6 is 0 Å². The smallest absolute Gasteiger partial charge is 0.325 e. The van der Waals surface area contributed by atoms with Crippen LogP contribution < -0.4 is 10.2 Å². The SMILES string of the molecule is COC(=O)CN(C(=O)[C@H](C)NC(=O)Cc1cc(F)cc(F)c1)c1ccccc1. The number of hydrogen-bond donors (Lipinski definition) is 1. The molecule has 0 spiro atoms. The van der Waals surface area contributed by atoms with Crippen LogP contribution in [0.3, 0.4) is 0 Å². The van der Waals surface area contributed by atoms with Crippen LogP contribution in [0.2, 0.25) is 0 Å². The van der Waals surface area contributed by atoms with Gasteiger partial charge < -0.3 is 10.1 Å². The Kier molecular flexibility index (Phi) is 7.20. The van der Waals surface area contributed by atoms with Crippen LogP contribution in [0.4, 0.5) is 14.5 Å². The molecule has 0 radical (unpaired) electrons. The molecule has 0 unspecified atom stereocenters. The minimum atomic E-state index is -0.976. The maximum atomic E-state index is 13.2. The molecular formula is C20H20F2N2O4. The number of nitrogens with zero attached hydrogens (tertiary/aromatic N) is 1. The normalized spacial score (nSPS) is 11.4. The maximum Gasteiger partial charge on any atom is 0.325 e. The highest BCUT2D eigenvalue weighted by molar-refractivity contribution is 6.02. The van der Waals surface area contributed by atoms with Gasteiger partial charge in [0.15, 0.2) is 0 Å². The molecule has 0 aliphatic rings. The third kappa shape index (κ3) is 5.87. The van der Waals surface area contributed by atoms with Gasteiger partial charge in [0.2, 0.25) is 11.8 Å². The summed E-state index contributed by atoms with van der Waals surface area (Å²) < 4.78 is 31.1. The molecule has 2 aromatic rings. The minimum absolute atomic E-state index is 0.143. The topological polar surface area (TPSA) is 75.7 Å². The fourth-order valence-electron chi connectivity index (χ4n) is 2.58. The lowest BCUT2D eigenvalue weighted by molar-refractivity contribution is -0.140. The second-order valence-corrected chi connectivity index (χ2v) is 6.08. The van der Waals surface area contributed by atoms with E-state index in [2.05, 4.69) is 10.1 Å². The van der Waals surface area contributed by atoms with E-state index >= 15 is 0 Å². The number of amides is 2. The summed E-state index contributed by atoms with van der Waals surface area (Å²) in [5.74, 6) is -3.32. The van der Waals surface area contributed by atoms with Crippen molar-refractivity contribution < 1.29 is 27.9 Å². The average molecular weight is 390 g/mol. The van der Waals surface area contributed by atoms with Gasteiger partial charge in [0, 0.05) is 11.8 Å². The van der Waals surface area contributed by atoms with Crippen LogP contribution in [0.5, 0.6) is 0 Å². The molecule has 0 aliphatic heterocycles. The highest BCUT2D eigenvalue weighted by atomic mass is 19.1. The first-order valence-electron chi connectivity index (χ1n) is 8.47. The number of ether oxygens (including phenoxy) is 1. The number of halogens is 2. The first-order valence-corrected chi connectivity index (χ1v) is 8.47. The Morgan fingerprint density at radius 2 is 1.68 bits per heavy atom. The van der Waals surface area contributed by atoms with E-state index in [4.69, 9.17) is 0 Å². The van der Waals surface area contributed by atoms with E-state index in [0.717, 1.165) is 12.1 Å². The number of benzene rings is 2. The van der Waals surface area contributed by atoms with Crippen molar-refractivity contribution in [1.82, 2.24) is 5.32 Å². The fourth-order valence-corrected chi connectivity index (χ4v) is 2.58. The van der Waals surface area contributed by atoms with Gasteiger partial charge in [-0.2, -0.15) is 0 Å². The molecule has 0 aromatic heterocycles. The molecule has 28 heavy (non-hydrogen) atoms. The van der Waals surface area contributed by atoms with Crippen molar-refractivity contribution in [3.8, 4) is 0 Å². The van der Waals surface area contributed by atoms with Gasteiger partial charge in [0.25, 0.3) is 0 Å². The summed E-state index contributed by atoms with van der Waals surface area (Å²) in [5, 5.41) is 2.48. The summed E-state index contributed by atoms with van der Waals surface area (Å²) in [6, 6.07) is 10.3. The molecule has 2 rings (SSSR count). The second-order valence-electron chi connectivity index (χ2n) is 6.08. The molecule has 1 atom stereocenters. The molecule has 0 aliphatic carbocycles. The van der Waals surface area contributed by atoms with Gasteiger partial charge in [-0.15, -0.1) is 0 Å². The summed E-state index contributed by atoms with van der Waals surface area (Å²) in [4.78, 5) is 37.8. The van der Waals surface area contributed by atoms with Crippen molar-refractivity contribution in [3.63, 3.8) is 0 Å². The number of anilines is 1. The van der Waals surface area contributed by atoms with Crippen molar-refractivity contribution in [2.75, 3.05) is 18.6 Å². The summed E-state index contributed by atoms with van der Waals surface area (Å²) in [6.07, 6.45) is -0.297. The van der Waals surface area contributed by atoms with E-state index in [1.165, 1.54) is 18.9 Å². The molecule has 0 heterocycles. The van der Waals surface area contributed by atoms with E-state index < -0.39 is 35.5 Å². The third-order valence-corrected chi connectivity index (χ3v) is 3.88. The summed E-state index contributed by atoms with van der Waals surface area (Å²) in [5.41, 5.74) is 0.607. The van der Waals surface area contributed by atoms with Gasteiger partial charge in [0.1, 0.15) is 24.2 Å². The molecule has 0 fully saturated rings. The number of methoxy groups -OCH3 is 1. The zero-order valence-corrected chi connectivity index (χ0v) is 15.4. The molecule has 0 saturated carbocycles. The molecule has 148 valence electrons. The molecule has 2 aromatic carbocycles. The Balaban J connectivity index is 2.09. The van der Waals surface area contributed by atoms with Gasteiger partial charge in [0.05, 0.1) is 13.5 Å². The predicted octanol–water partition coefficient (Wildman–Crippen LogP) is 2.22. The summed E-state index contributed by atoms with van der Waals surface area (Å²) >= 11 is 0. The van der Waals surface area contributed by atoms with Crippen LogP contribution in [-0.2, 0) is 25.5 Å². The predicted molar refractivity (Wildman–Crippen MR) is 98.5 cm³/mol. The molecule has 8 heteroatoms. The quantitative estimate of drug-likeness (QED) is 0.736. The van der Waals surface area contributed by atoms with Crippen LogP contribution in [0, 0.1) is 11.6 Å². The van der Waals surface area contributed by atoms with Crippen molar-refractivity contribution in [2.45, 2.75) is 19.4 Å². The summed E-state index contributed by atoms with van der Waals surface area (Å²) in [7, 11) is 1.21. The Bertz CT molecular complexity index is 838. The number of rotatable bonds is 7. The van der Waals surface area contributed by atoms with Crippen LogP contribution in [0.15, 0.2) is 48.5 Å². The van der Waals surface area contributed by atoms with Crippen LogP contribution in [0.25, 0.3) is 0 Å². The van der Waals surface area contributed by atoms with Gasteiger partial charge in [-0.1, -0.05) is 18.2 Å². The lowest BCUT2D eigenvalue weighted by Gasteiger charge is -2.25. The van der Waals surface area contributed by atoms with Gasteiger partial charge in [-0.05, 0) is 36.8 Å². The average Bonchev–Trinajstić information content (AvgIpc) is 2.65. The van der Waals surface area contributed by atoms with Gasteiger partial charge >= 0.3 is 5.97 Å². The molecule has 2 amide bonds. The number of carbonyl (C=O) groups is 3. The number of esters is 1. The Hall–Kier alpha value is -3.29. The number of hydrogen-bond acceptors (Lipinski definition) is 4. The van der Waals surface area contributed by atoms with E-state index in [9.17, 15) is 23.2 Å². The zero-order valence-electron chi connectivity index (χ0n) is 15.4. The van der Waals surface area contributed by atoms with Gasteiger partial charge in [-0.3, -0.25) is 19.3 Å². The van der Waals surface area contributed by atoms with E-state index in [0.29, 0.717) is 11.8 Å². The first kappa shape index (κ1) is 21.0. The molecule has 0 bridgehead atoms. The van der Waals surface area contributed by atoms with Crippen molar-refractivity contribution in [2.24, 2.45) is 0 Å². The lowest BCUT2D eigenvalue weighted by atomic mass is 10.1.